The van der Waals surface area contributed by atoms with Crippen LogP contribution in [0.5, 0.6) is 11.5 Å². The SMILES string of the molecule is CN(C)Cc1sccc1OCCOCCOc1ccsc1CN(C)C. The van der Waals surface area contributed by atoms with Crippen LogP contribution in [0.4, 0.5) is 0 Å². The highest BCUT2D eigenvalue weighted by atomic mass is 32.1. The second kappa shape index (κ2) is 10.8. The third kappa shape index (κ3) is 7.33. The molecule has 0 aliphatic carbocycles. The van der Waals surface area contributed by atoms with Crippen molar-refractivity contribution < 1.29 is 14.2 Å². The van der Waals surface area contributed by atoms with Gasteiger partial charge in [0.2, 0.25) is 0 Å². The molecule has 0 saturated carbocycles. The van der Waals surface area contributed by atoms with Crippen LogP contribution in [0.3, 0.4) is 0 Å². The molecule has 0 fully saturated rings. The van der Waals surface area contributed by atoms with Crippen molar-refractivity contribution in [3.63, 3.8) is 0 Å². The Hall–Kier alpha value is -1.12. The third-order valence-electron chi connectivity index (χ3n) is 3.30. The quantitative estimate of drug-likeness (QED) is 0.524. The second-order valence-electron chi connectivity index (χ2n) is 6.20. The summed E-state index contributed by atoms with van der Waals surface area (Å²) in [6.07, 6.45) is 0. The summed E-state index contributed by atoms with van der Waals surface area (Å²) in [7, 11) is 8.24. The normalized spacial score (nSPS) is 11.4. The average molecular weight is 385 g/mol. The molecule has 7 heteroatoms. The highest BCUT2D eigenvalue weighted by Gasteiger charge is 2.07. The van der Waals surface area contributed by atoms with Gasteiger partial charge in [-0.05, 0) is 51.1 Å². The maximum absolute atomic E-state index is 5.81. The maximum Gasteiger partial charge on any atom is 0.134 e. The number of ether oxygens (including phenoxy) is 3. The molecule has 0 spiro atoms. The molecule has 5 nitrogen and oxygen atoms in total. The first kappa shape index (κ1) is 20.2. The van der Waals surface area contributed by atoms with Crippen molar-refractivity contribution in [1.29, 1.82) is 0 Å². The molecule has 0 amide bonds. The Bertz CT molecular complexity index is 559. The van der Waals surface area contributed by atoms with Crippen LogP contribution in [0.15, 0.2) is 22.9 Å². The van der Waals surface area contributed by atoms with Gasteiger partial charge in [0.15, 0.2) is 0 Å². The zero-order chi connectivity index (χ0) is 18.1. The standard InChI is InChI=1S/C18H28N2O3S2/c1-19(2)13-17-15(5-11-24-17)22-9-7-21-8-10-23-16-6-12-25-18(16)14-20(3)4/h5-6,11-12H,7-10,13-14H2,1-4H3. The number of hydrogen-bond donors (Lipinski definition) is 0. The predicted molar refractivity (Wildman–Crippen MR) is 105 cm³/mol. The molecule has 140 valence electrons. The minimum atomic E-state index is 0.557. The van der Waals surface area contributed by atoms with Crippen LogP contribution in [-0.2, 0) is 17.8 Å². The van der Waals surface area contributed by atoms with Crippen molar-refractivity contribution in [2.24, 2.45) is 0 Å². The fourth-order valence-corrected chi connectivity index (χ4v) is 4.11. The Morgan fingerprint density at radius 1 is 0.720 bits per heavy atom. The highest BCUT2D eigenvalue weighted by molar-refractivity contribution is 7.10. The summed E-state index contributed by atoms with van der Waals surface area (Å²) >= 11 is 3.45. The molecular formula is C18H28N2O3S2. The Morgan fingerprint density at radius 3 is 1.56 bits per heavy atom. The molecule has 0 aromatic carbocycles. The lowest BCUT2D eigenvalue weighted by Gasteiger charge is -2.12. The fourth-order valence-electron chi connectivity index (χ4n) is 2.24. The predicted octanol–water partition coefficient (Wildman–Crippen LogP) is 3.41. The van der Waals surface area contributed by atoms with E-state index in [1.807, 2.05) is 12.1 Å². The monoisotopic (exact) mass is 384 g/mol. The van der Waals surface area contributed by atoms with Crippen LogP contribution < -0.4 is 9.47 Å². The molecule has 0 bridgehead atoms. The summed E-state index contributed by atoms with van der Waals surface area (Å²) in [6, 6.07) is 4.05. The van der Waals surface area contributed by atoms with Crippen molar-refractivity contribution in [2.45, 2.75) is 13.1 Å². The van der Waals surface area contributed by atoms with Crippen LogP contribution in [0.2, 0.25) is 0 Å². The Balaban J connectivity index is 1.58. The van der Waals surface area contributed by atoms with Crippen LogP contribution in [0, 0.1) is 0 Å². The topological polar surface area (TPSA) is 34.2 Å². The van der Waals surface area contributed by atoms with Crippen molar-refractivity contribution in [3.8, 4) is 11.5 Å². The van der Waals surface area contributed by atoms with E-state index in [1.165, 1.54) is 9.75 Å². The minimum absolute atomic E-state index is 0.557. The number of nitrogens with zero attached hydrogens (tertiary/aromatic N) is 2. The molecule has 2 heterocycles. The van der Waals surface area contributed by atoms with E-state index in [1.54, 1.807) is 22.7 Å². The molecule has 2 aromatic heterocycles. The van der Waals surface area contributed by atoms with E-state index in [2.05, 4.69) is 48.8 Å². The van der Waals surface area contributed by atoms with Gasteiger partial charge in [-0.2, -0.15) is 0 Å². The summed E-state index contributed by atoms with van der Waals surface area (Å²) < 4.78 is 17.2. The first-order valence-corrected chi connectivity index (χ1v) is 10.1. The van der Waals surface area contributed by atoms with Gasteiger partial charge in [-0.15, -0.1) is 22.7 Å². The van der Waals surface area contributed by atoms with E-state index in [0.717, 1.165) is 24.6 Å². The molecule has 0 aliphatic rings. The van der Waals surface area contributed by atoms with Gasteiger partial charge in [0.1, 0.15) is 24.7 Å². The van der Waals surface area contributed by atoms with E-state index in [4.69, 9.17) is 14.2 Å². The third-order valence-corrected chi connectivity index (χ3v) is 5.07. The molecule has 0 aliphatic heterocycles. The number of rotatable bonds is 12. The Labute approximate surface area is 158 Å². The summed E-state index contributed by atoms with van der Waals surface area (Å²) in [6.45, 7) is 4.04. The molecule has 0 saturated heterocycles. The number of thiophene rings is 2. The van der Waals surface area contributed by atoms with Crippen molar-refractivity contribution in [1.82, 2.24) is 9.80 Å². The van der Waals surface area contributed by atoms with E-state index in [9.17, 15) is 0 Å². The van der Waals surface area contributed by atoms with Gasteiger partial charge in [-0.25, -0.2) is 0 Å². The van der Waals surface area contributed by atoms with Crippen LogP contribution in [0.1, 0.15) is 9.75 Å². The summed E-state index contributed by atoms with van der Waals surface area (Å²) in [5, 5.41) is 4.13. The summed E-state index contributed by atoms with van der Waals surface area (Å²) in [5.41, 5.74) is 0. The lowest BCUT2D eigenvalue weighted by molar-refractivity contribution is 0.0760. The van der Waals surface area contributed by atoms with Gasteiger partial charge in [0, 0.05) is 13.1 Å². The fraction of sp³-hybridized carbons (Fsp3) is 0.556. The first-order chi connectivity index (χ1) is 12.1. The molecule has 0 N–H and O–H groups in total. The molecule has 0 atom stereocenters. The molecular weight excluding hydrogens is 356 g/mol. The zero-order valence-corrected chi connectivity index (χ0v) is 17.1. The molecule has 0 radical (unpaired) electrons. The maximum atomic E-state index is 5.81. The first-order valence-electron chi connectivity index (χ1n) is 8.32. The van der Waals surface area contributed by atoms with Gasteiger partial charge < -0.3 is 24.0 Å². The second-order valence-corrected chi connectivity index (χ2v) is 8.20. The Morgan fingerprint density at radius 2 is 1.16 bits per heavy atom. The van der Waals surface area contributed by atoms with Crippen LogP contribution in [-0.4, -0.2) is 64.4 Å². The van der Waals surface area contributed by atoms with Crippen molar-refractivity contribution >= 4 is 22.7 Å². The van der Waals surface area contributed by atoms with E-state index >= 15 is 0 Å². The van der Waals surface area contributed by atoms with Crippen LogP contribution in [0.25, 0.3) is 0 Å². The Kier molecular flexibility index (Phi) is 8.71. The molecule has 25 heavy (non-hydrogen) atoms. The van der Waals surface area contributed by atoms with Crippen molar-refractivity contribution in [3.05, 3.63) is 32.6 Å². The van der Waals surface area contributed by atoms with E-state index < -0.39 is 0 Å². The lowest BCUT2D eigenvalue weighted by Crippen LogP contribution is -2.14. The van der Waals surface area contributed by atoms with E-state index in [-0.39, 0.29) is 0 Å². The van der Waals surface area contributed by atoms with Crippen LogP contribution >= 0.6 is 22.7 Å². The van der Waals surface area contributed by atoms with Gasteiger partial charge in [0.25, 0.3) is 0 Å². The smallest absolute Gasteiger partial charge is 0.134 e. The molecule has 2 rings (SSSR count). The highest BCUT2D eigenvalue weighted by Crippen LogP contribution is 2.26. The zero-order valence-electron chi connectivity index (χ0n) is 15.5. The average Bonchev–Trinajstić information content (AvgIpc) is 3.15. The van der Waals surface area contributed by atoms with E-state index in [0.29, 0.717) is 26.4 Å². The van der Waals surface area contributed by atoms with Gasteiger partial charge in [-0.3, -0.25) is 0 Å². The van der Waals surface area contributed by atoms with Gasteiger partial charge in [0.05, 0.1) is 23.0 Å². The van der Waals surface area contributed by atoms with Gasteiger partial charge in [-0.1, -0.05) is 0 Å². The largest absolute Gasteiger partial charge is 0.490 e. The summed E-state index contributed by atoms with van der Waals surface area (Å²) in [4.78, 5) is 6.78. The lowest BCUT2D eigenvalue weighted by atomic mass is 10.4. The molecule has 2 aromatic rings. The molecule has 0 unspecified atom stereocenters. The van der Waals surface area contributed by atoms with Gasteiger partial charge >= 0.3 is 0 Å². The summed E-state index contributed by atoms with van der Waals surface area (Å²) in [5.74, 6) is 1.93. The number of hydrogen-bond acceptors (Lipinski definition) is 7. The van der Waals surface area contributed by atoms with Crippen molar-refractivity contribution in [2.75, 3.05) is 54.6 Å². The minimum Gasteiger partial charge on any atom is -0.490 e.